The fraction of sp³-hybridized carbons (Fsp3) is 0.353. The Morgan fingerprint density at radius 3 is 2.63 bits per heavy atom. The van der Waals surface area contributed by atoms with E-state index in [1.54, 1.807) is 24.3 Å². The standard InChI is InChI=1S/C16H18ClF3N4.CH2O2/c1-2-3-7-21-9-11-10-22-15(24-14(11)16(18,19)20)23-13-6-4-5-12(17)8-13;2-1-3/h4-6,8,10,21H,2-3,7,9H2,1H3,(H,22,23,24);1H,(H,2,3). The van der Waals surface area contributed by atoms with Crippen LogP contribution in [0.3, 0.4) is 0 Å². The minimum absolute atomic E-state index is 0.0234. The summed E-state index contributed by atoms with van der Waals surface area (Å²) in [6, 6.07) is 6.60. The number of halogens is 4. The average molecular weight is 405 g/mol. The first-order valence-electron chi connectivity index (χ1n) is 8.06. The third-order valence-corrected chi connectivity index (χ3v) is 3.47. The van der Waals surface area contributed by atoms with E-state index in [9.17, 15) is 13.2 Å². The largest absolute Gasteiger partial charge is 0.483 e. The highest BCUT2D eigenvalue weighted by atomic mass is 35.5. The van der Waals surface area contributed by atoms with E-state index in [-0.39, 0.29) is 24.5 Å². The van der Waals surface area contributed by atoms with Gasteiger partial charge in [0, 0.05) is 29.0 Å². The molecule has 0 aliphatic rings. The van der Waals surface area contributed by atoms with Crippen molar-refractivity contribution in [1.82, 2.24) is 15.3 Å². The Balaban J connectivity index is 0.00000114. The summed E-state index contributed by atoms with van der Waals surface area (Å²) in [6.45, 7) is 2.49. The van der Waals surface area contributed by atoms with E-state index in [0.717, 1.165) is 12.8 Å². The molecule has 148 valence electrons. The molecule has 0 atom stereocenters. The van der Waals surface area contributed by atoms with Crippen LogP contribution in [0.15, 0.2) is 30.5 Å². The van der Waals surface area contributed by atoms with E-state index < -0.39 is 11.9 Å². The minimum atomic E-state index is -4.55. The topological polar surface area (TPSA) is 87.1 Å². The zero-order valence-corrected chi connectivity index (χ0v) is 15.3. The van der Waals surface area contributed by atoms with Crippen LogP contribution in [-0.2, 0) is 17.5 Å². The highest BCUT2D eigenvalue weighted by molar-refractivity contribution is 6.30. The molecule has 0 bridgehead atoms. The van der Waals surface area contributed by atoms with Crippen LogP contribution < -0.4 is 10.6 Å². The van der Waals surface area contributed by atoms with Gasteiger partial charge in [0.05, 0.1) is 0 Å². The maximum atomic E-state index is 13.2. The molecule has 0 unspecified atom stereocenters. The van der Waals surface area contributed by atoms with Crippen LogP contribution in [0.5, 0.6) is 0 Å². The van der Waals surface area contributed by atoms with Gasteiger partial charge in [0.15, 0.2) is 5.69 Å². The number of nitrogens with one attached hydrogen (secondary N) is 2. The number of hydrogen-bond acceptors (Lipinski definition) is 5. The quantitative estimate of drug-likeness (QED) is 0.466. The molecule has 0 amide bonds. The molecule has 3 N–H and O–H groups in total. The summed E-state index contributed by atoms with van der Waals surface area (Å²) in [5, 5.41) is 13.1. The van der Waals surface area contributed by atoms with Crippen molar-refractivity contribution < 1.29 is 23.1 Å². The third-order valence-electron chi connectivity index (χ3n) is 3.24. The number of alkyl halides is 3. The van der Waals surface area contributed by atoms with Crippen LogP contribution in [0, 0.1) is 0 Å². The molecule has 0 spiro atoms. The molecule has 0 fully saturated rings. The number of rotatable bonds is 7. The van der Waals surface area contributed by atoms with Crippen molar-refractivity contribution in [2.75, 3.05) is 11.9 Å². The number of benzene rings is 1. The van der Waals surface area contributed by atoms with Crippen molar-refractivity contribution in [3.8, 4) is 0 Å². The van der Waals surface area contributed by atoms with Gasteiger partial charge in [0.2, 0.25) is 5.95 Å². The van der Waals surface area contributed by atoms with E-state index in [0.29, 0.717) is 17.3 Å². The summed E-state index contributed by atoms with van der Waals surface area (Å²) >= 11 is 5.85. The Bertz CT molecular complexity index is 730. The van der Waals surface area contributed by atoms with Crippen LogP contribution in [0.2, 0.25) is 5.02 Å². The summed E-state index contributed by atoms with van der Waals surface area (Å²) in [5.74, 6) is -0.123. The molecule has 1 aromatic carbocycles. The van der Waals surface area contributed by atoms with Crippen LogP contribution in [-0.4, -0.2) is 28.1 Å². The Morgan fingerprint density at radius 2 is 2.04 bits per heavy atom. The van der Waals surface area contributed by atoms with E-state index in [1.165, 1.54) is 6.20 Å². The van der Waals surface area contributed by atoms with Gasteiger partial charge in [0.1, 0.15) is 0 Å². The summed E-state index contributed by atoms with van der Waals surface area (Å²) < 4.78 is 39.7. The zero-order valence-electron chi connectivity index (χ0n) is 14.6. The second kappa shape index (κ2) is 11.3. The van der Waals surface area contributed by atoms with Crippen LogP contribution in [0.4, 0.5) is 24.8 Å². The Labute approximate surface area is 159 Å². The molecule has 0 aliphatic carbocycles. The zero-order chi connectivity index (χ0) is 20.3. The lowest BCUT2D eigenvalue weighted by atomic mass is 10.2. The van der Waals surface area contributed by atoms with Gasteiger partial charge >= 0.3 is 6.18 Å². The predicted octanol–water partition coefficient (Wildman–Crippen LogP) is 4.48. The van der Waals surface area contributed by atoms with Crippen LogP contribution >= 0.6 is 11.6 Å². The van der Waals surface area contributed by atoms with Crippen molar-refractivity contribution in [1.29, 1.82) is 0 Å². The van der Waals surface area contributed by atoms with Crippen molar-refractivity contribution in [3.63, 3.8) is 0 Å². The predicted molar refractivity (Wildman–Crippen MR) is 97.1 cm³/mol. The van der Waals surface area contributed by atoms with Crippen LogP contribution in [0.1, 0.15) is 31.0 Å². The molecule has 6 nitrogen and oxygen atoms in total. The smallest absolute Gasteiger partial charge is 0.433 e. The van der Waals surface area contributed by atoms with Crippen molar-refractivity contribution in [2.24, 2.45) is 0 Å². The lowest BCUT2D eigenvalue weighted by Gasteiger charge is -2.14. The number of aromatic nitrogens is 2. The maximum absolute atomic E-state index is 13.2. The van der Waals surface area contributed by atoms with Gasteiger partial charge in [-0.3, -0.25) is 4.79 Å². The number of carboxylic acid groups (broad SMARTS) is 1. The van der Waals surface area contributed by atoms with Crippen LogP contribution in [0.25, 0.3) is 0 Å². The molecule has 1 aromatic heterocycles. The Hall–Kier alpha value is -2.39. The van der Waals surface area contributed by atoms with Gasteiger partial charge in [-0.05, 0) is 31.2 Å². The van der Waals surface area contributed by atoms with Gasteiger partial charge in [0.25, 0.3) is 6.47 Å². The molecule has 2 aromatic rings. The fourth-order valence-electron chi connectivity index (χ4n) is 2.06. The summed E-state index contributed by atoms with van der Waals surface area (Å²) in [5.41, 5.74) is -0.397. The second-order valence-electron chi connectivity index (χ2n) is 5.34. The van der Waals surface area contributed by atoms with Gasteiger partial charge in [-0.15, -0.1) is 0 Å². The lowest BCUT2D eigenvalue weighted by Crippen LogP contribution is -2.20. The van der Waals surface area contributed by atoms with Crippen molar-refractivity contribution >= 4 is 29.7 Å². The number of carbonyl (C=O) groups is 1. The van der Waals surface area contributed by atoms with Gasteiger partial charge in [-0.2, -0.15) is 13.2 Å². The van der Waals surface area contributed by atoms with Gasteiger partial charge < -0.3 is 15.7 Å². The molecule has 0 radical (unpaired) electrons. The Kier molecular flexibility index (Phi) is 9.52. The van der Waals surface area contributed by atoms with E-state index in [4.69, 9.17) is 21.5 Å². The number of unbranched alkanes of at least 4 members (excludes halogenated alkanes) is 1. The summed E-state index contributed by atoms with van der Waals surface area (Å²) in [4.78, 5) is 16.0. The lowest BCUT2D eigenvalue weighted by molar-refractivity contribution is -0.141. The molecule has 1 heterocycles. The van der Waals surface area contributed by atoms with E-state index >= 15 is 0 Å². The van der Waals surface area contributed by atoms with Gasteiger partial charge in [-0.1, -0.05) is 31.0 Å². The molecule has 27 heavy (non-hydrogen) atoms. The minimum Gasteiger partial charge on any atom is -0.483 e. The van der Waals surface area contributed by atoms with E-state index in [2.05, 4.69) is 20.6 Å². The van der Waals surface area contributed by atoms with Crippen molar-refractivity contribution in [3.05, 3.63) is 46.7 Å². The molecule has 2 rings (SSSR count). The van der Waals surface area contributed by atoms with Crippen molar-refractivity contribution in [2.45, 2.75) is 32.5 Å². The monoisotopic (exact) mass is 404 g/mol. The third kappa shape index (κ3) is 8.23. The Morgan fingerprint density at radius 1 is 1.33 bits per heavy atom. The molecular weight excluding hydrogens is 385 g/mol. The second-order valence-corrected chi connectivity index (χ2v) is 5.77. The number of hydrogen-bond donors (Lipinski definition) is 3. The molecule has 0 saturated heterocycles. The summed E-state index contributed by atoms with van der Waals surface area (Å²) in [6.07, 6.45) is -1.48. The molecule has 10 heteroatoms. The highest BCUT2D eigenvalue weighted by Gasteiger charge is 2.36. The maximum Gasteiger partial charge on any atom is 0.433 e. The first kappa shape index (κ1) is 22.7. The fourth-order valence-corrected chi connectivity index (χ4v) is 2.25. The van der Waals surface area contributed by atoms with E-state index in [1.807, 2.05) is 6.92 Å². The first-order chi connectivity index (χ1) is 12.8. The molecule has 0 saturated carbocycles. The molecule has 0 aliphatic heterocycles. The normalized spacial score (nSPS) is 10.7. The number of nitrogens with zero attached hydrogens (tertiary/aromatic N) is 2. The first-order valence-corrected chi connectivity index (χ1v) is 8.43. The SMILES string of the molecule is CCCCNCc1cnc(Nc2cccc(Cl)c2)nc1C(F)(F)F.O=CO. The highest BCUT2D eigenvalue weighted by Crippen LogP contribution is 2.31. The average Bonchev–Trinajstić information content (AvgIpc) is 2.59. The van der Waals surface area contributed by atoms with Gasteiger partial charge in [-0.25, -0.2) is 9.97 Å². The summed E-state index contributed by atoms with van der Waals surface area (Å²) in [7, 11) is 0. The number of anilines is 2. The molecular formula is C17H20ClF3N4O2.